The summed E-state index contributed by atoms with van der Waals surface area (Å²) in [5.74, 6) is -1.38. The minimum atomic E-state index is -4.04. The minimum absolute atomic E-state index is 0.103. The molecule has 0 spiro atoms. The van der Waals surface area contributed by atoms with Crippen LogP contribution in [0.2, 0.25) is 5.02 Å². The van der Waals surface area contributed by atoms with E-state index in [1.807, 2.05) is 0 Å². The van der Waals surface area contributed by atoms with Gasteiger partial charge in [0.25, 0.3) is 0 Å². The Hall–Kier alpha value is -2.62. The number of aromatic nitrogens is 1. The van der Waals surface area contributed by atoms with Crippen LogP contribution in [0.1, 0.15) is 19.4 Å². The summed E-state index contributed by atoms with van der Waals surface area (Å²) in [6, 6.07) is 10.2. The number of rotatable bonds is 7. The van der Waals surface area contributed by atoms with E-state index >= 15 is 0 Å². The maximum absolute atomic E-state index is 12.9. The molecule has 0 fully saturated rings. The smallest absolute Gasteiger partial charge is 0.408 e. The summed E-state index contributed by atoms with van der Waals surface area (Å²) in [7, 11) is -2.52. The van der Waals surface area contributed by atoms with Gasteiger partial charge in [-0.1, -0.05) is 43.6 Å². The Morgan fingerprint density at radius 1 is 1.20 bits per heavy atom. The molecule has 0 aliphatic heterocycles. The fourth-order valence-electron chi connectivity index (χ4n) is 2.94. The van der Waals surface area contributed by atoms with Crippen molar-refractivity contribution in [2.45, 2.75) is 31.3 Å². The van der Waals surface area contributed by atoms with Crippen LogP contribution >= 0.6 is 11.6 Å². The van der Waals surface area contributed by atoms with Gasteiger partial charge in [0.2, 0.25) is 15.9 Å². The van der Waals surface area contributed by atoms with Gasteiger partial charge in [0.15, 0.2) is 5.58 Å². The Labute approximate surface area is 178 Å². The zero-order valence-corrected chi connectivity index (χ0v) is 18.3. The molecule has 0 aliphatic rings. The van der Waals surface area contributed by atoms with Crippen molar-refractivity contribution in [1.29, 1.82) is 0 Å². The zero-order valence-electron chi connectivity index (χ0n) is 16.7. The molecular weight excluding hydrogens is 430 g/mol. The number of sulfonamides is 1. The second kappa shape index (κ2) is 8.63. The topological polar surface area (TPSA) is 110 Å². The quantitative estimate of drug-likeness (QED) is 0.573. The van der Waals surface area contributed by atoms with E-state index in [9.17, 15) is 18.0 Å². The number of amides is 1. The molecule has 30 heavy (non-hydrogen) atoms. The average molecular weight is 452 g/mol. The Kier molecular flexibility index (Phi) is 6.35. The van der Waals surface area contributed by atoms with E-state index in [4.69, 9.17) is 16.0 Å². The first kappa shape index (κ1) is 22.1. The van der Waals surface area contributed by atoms with E-state index in [0.29, 0.717) is 10.5 Å². The highest BCUT2D eigenvalue weighted by atomic mass is 35.5. The number of oxazole rings is 1. The SMILES string of the molecule is CC(C)C(NS(=O)(=O)c1ccc2c(c1)oc(=O)n2C)C(=O)NCc1ccccc1Cl. The monoisotopic (exact) mass is 451 g/mol. The number of nitrogens with zero attached hydrogens (tertiary/aromatic N) is 1. The summed E-state index contributed by atoms with van der Waals surface area (Å²) in [4.78, 5) is 24.2. The third-order valence-corrected chi connectivity index (χ3v) is 6.52. The summed E-state index contributed by atoms with van der Waals surface area (Å²) in [6.07, 6.45) is 0. The van der Waals surface area contributed by atoms with Crippen LogP contribution in [0.5, 0.6) is 0 Å². The van der Waals surface area contributed by atoms with Gasteiger partial charge in [-0.05, 0) is 29.7 Å². The number of carbonyl (C=O) groups is 1. The predicted octanol–water partition coefficient (Wildman–Crippen LogP) is 2.40. The van der Waals surface area contributed by atoms with Crippen molar-refractivity contribution >= 4 is 38.6 Å². The summed E-state index contributed by atoms with van der Waals surface area (Å²) < 4.78 is 34.5. The van der Waals surface area contributed by atoms with E-state index in [2.05, 4.69) is 10.0 Å². The molecule has 1 aromatic heterocycles. The second-order valence-electron chi connectivity index (χ2n) is 7.21. The van der Waals surface area contributed by atoms with Gasteiger partial charge in [-0.15, -0.1) is 0 Å². The summed E-state index contributed by atoms with van der Waals surface area (Å²) in [5, 5.41) is 3.23. The lowest BCUT2D eigenvalue weighted by Crippen LogP contribution is -2.49. The highest BCUT2D eigenvalue weighted by Gasteiger charge is 2.29. The fraction of sp³-hybridized carbons (Fsp3) is 0.300. The van der Waals surface area contributed by atoms with Crippen molar-refractivity contribution in [1.82, 2.24) is 14.6 Å². The van der Waals surface area contributed by atoms with Crippen molar-refractivity contribution in [3.63, 3.8) is 0 Å². The van der Waals surface area contributed by atoms with E-state index in [0.717, 1.165) is 5.56 Å². The van der Waals surface area contributed by atoms with Crippen LogP contribution in [-0.4, -0.2) is 24.9 Å². The van der Waals surface area contributed by atoms with Crippen molar-refractivity contribution in [3.05, 3.63) is 63.6 Å². The highest BCUT2D eigenvalue weighted by Crippen LogP contribution is 2.19. The molecule has 1 heterocycles. The van der Waals surface area contributed by atoms with Crippen LogP contribution in [0.25, 0.3) is 11.1 Å². The summed E-state index contributed by atoms with van der Waals surface area (Å²) in [6.45, 7) is 3.65. The second-order valence-corrected chi connectivity index (χ2v) is 9.33. The molecule has 3 rings (SSSR count). The third kappa shape index (κ3) is 4.58. The minimum Gasteiger partial charge on any atom is -0.408 e. The van der Waals surface area contributed by atoms with Gasteiger partial charge in [0.05, 0.1) is 10.4 Å². The average Bonchev–Trinajstić information content (AvgIpc) is 2.98. The standard InChI is InChI=1S/C20H22ClN3O5S/c1-12(2)18(19(25)22-11-13-6-4-5-7-15(13)21)23-30(27,28)14-8-9-16-17(10-14)29-20(26)24(16)3/h4-10,12,18,23H,11H2,1-3H3,(H,22,25). The van der Waals surface area contributed by atoms with Crippen molar-refractivity contribution in [2.75, 3.05) is 0 Å². The molecule has 160 valence electrons. The molecule has 1 atom stereocenters. The first-order valence-electron chi connectivity index (χ1n) is 9.23. The number of benzene rings is 2. The maximum atomic E-state index is 12.9. The van der Waals surface area contributed by atoms with Gasteiger partial charge in [-0.25, -0.2) is 13.2 Å². The Bertz CT molecular complexity index is 1250. The fourth-order valence-corrected chi connectivity index (χ4v) is 4.50. The molecule has 10 heteroatoms. The molecule has 0 radical (unpaired) electrons. The number of nitrogens with one attached hydrogen (secondary N) is 2. The molecule has 0 saturated heterocycles. The van der Waals surface area contributed by atoms with Gasteiger partial charge >= 0.3 is 5.76 Å². The van der Waals surface area contributed by atoms with Crippen LogP contribution in [0, 0.1) is 5.92 Å². The van der Waals surface area contributed by atoms with Gasteiger partial charge in [-0.3, -0.25) is 9.36 Å². The number of halogens is 1. The largest absolute Gasteiger partial charge is 0.419 e. The van der Waals surface area contributed by atoms with Crippen molar-refractivity contribution in [3.8, 4) is 0 Å². The Balaban J connectivity index is 1.80. The molecule has 2 N–H and O–H groups in total. The van der Waals surface area contributed by atoms with Gasteiger partial charge in [0.1, 0.15) is 6.04 Å². The Morgan fingerprint density at radius 3 is 2.57 bits per heavy atom. The molecule has 0 aliphatic carbocycles. The molecule has 1 amide bonds. The summed E-state index contributed by atoms with van der Waals surface area (Å²) >= 11 is 6.10. The van der Waals surface area contributed by atoms with E-state index in [1.54, 1.807) is 38.1 Å². The molecule has 8 nitrogen and oxygen atoms in total. The number of hydrogen-bond acceptors (Lipinski definition) is 5. The van der Waals surface area contributed by atoms with Crippen molar-refractivity contribution < 1.29 is 17.6 Å². The van der Waals surface area contributed by atoms with Crippen LogP contribution in [0.15, 0.2) is 56.6 Å². The molecule has 0 bridgehead atoms. The predicted molar refractivity (Wildman–Crippen MR) is 114 cm³/mol. The maximum Gasteiger partial charge on any atom is 0.419 e. The van der Waals surface area contributed by atoms with Gasteiger partial charge in [0, 0.05) is 24.7 Å². The lowest BCUT2D eigenvalue weighted by molar-refractivity contribution is -0.123. The first-order chi connectivity index (χ1) is 14.1. The lowest BCUT2D eigenvalue weighted by atomic mass is 10.0. The lowest BCUT2D eigenvalue weighted by Gasteiger charge is -2.22. The number of fused-ring (bicyclic) bond motifs is 1. The molecule has 0 saturated carbocycles. The third-order valence-electron chi connectivity index (χ3n) is 4.72. The Morgan fingerprint density at radius 2 is 1.90 bits per heavy atom. The van der Waals surface area contributed by atoms with Gasteiger partial charge < -0.3 is 9.73 Å². The van der Waals surface area contributed by atoms with Crippen LogP contribution in [0.4, 0.5) is 0 Å². The highest BCUT2D eigenvalue weighted by molar-refractivity contribution is 7.89. The molecule has 3 aromatic rings. The molecule has 1 unspecified atom stereocenters. The molecular formula is C20H22ClN3O5S. The number of hydrogen-bond donors (Lipinski definition) is 2. The van der Waals surface area contributed by atoms with E-state index in [-0.39, 0.29) is 22.9 Å². The number of carbonyl (C=O) groups excluding carboxylic acids is 1. The first-order valence-corrected chi connectivity index (χ1v) is 11.1. The normalized spacial score (nSPS) is 13.0. The van der Waals surface area contributed by atoms with Crippen molar-refractivity contribution in [2.24, 2.45) is 13.0 Å². The van der Waals surface area contributed by atoms with Crippen LogP contribution in [0.3, 0.4) is 0 Å². The van der Waals surface area contributed by atoms with Crippen LogP contribution < -0.4 is 15.8 Å². The number of aryl methyl sites for hydroxylation is 1. The van der Waals surface area contributed by atoms with E-state index < -0.39 is 27.7 Å². The summed E-state index contributed by atoms with van der Waals surface area (Å²) in [5.41, 5.74) is 1.34. The zero-order chi connectivity index (χ0) is 22.1. The molecule has 2 aromatic carbocycles. The van der Waals surface area contributed by atoms with E-state index in [1.165, 1.54) is 29.8 Å². The van der Waals surface area contributed by atoms with Gasteiger partial charge in [-0.2, -0.15) is 4.72 Å². The van der Waals surface area contributed by atoms with Crippen LogP contribution in [-0.2, 0) is 28.4 Å².